The summed E-state index contributed by atoms with van der Waals surface area (Å²) in [6.45, 7) is 2.10. The molecule has 2 heterocycles. The zero-order valence-electron chi connectivity index (χ0n) is 9.02. The Morgan fingerprint density at radius 3 is 2.71 bits per heavy atom. The van der Waals surface area contributed by atoms with E-state index in [1.54, 1.807) is 18.2 Å². The predicted molar refractivity (Wildman–Crippen MR) is 66.6 cm³/mol. The Balaban J connectivity index is 2.38. The summed E-state index contributed by atoms with van der Waals surface area (Å²) in [6, 6.07) is 6.50. The smallest absolute Gasteiger partial charge is 0.267 e. The van der Waals surface area contributed by atoms with E-state index < -0.39 is 0 Å². The molecule has 0 unspecified atom stereocenters. The first kappa shape index (κ1) is 12.1. The van der Waals surface area contributed by atoms with Gasteiger partial charge in [-0.15, -0.1) is 0 Å². The fourth-order valence-electron chi connectivity index (χ4n) is 1.38. The molecule has 0 amide bonds. The molecular weight excluding hydrogens is 261 g/mol. The van der Waals surface area contributed by atoms with Crippen molar-refractivity contribution in [3.63, 3.8) is 0 Å². The molecule has 2 aromatic rings. The minimum atomic E-state index is -0.179. The lowest BCUT2D eigenvalue weighted by molar-refractivity contribution is 0.627. The van der Waals surface area contributed by atoms with Gasteiger partial charge < -0.3 is 0 Å². The van der Waals surface area contributed by atoms with E-state index in [9.17, 15) is 4.79 Å². The Morgan fingerprint density at radius 1 is 1.24 bits per heavy atom. The van der Waals surface area contributed by atoms with E-state index in [-0.39, 0.29) is 17.3 Å². The highest BCUT2D eigenvalue weighted by Crippen LogP contribution is 2.16. The molecule has 0 atom stereocenters. The number of hydrogen-bond donors (Lipinski definition) is 0. The van der Waals surface area contributed by atoms with E-state index in [0.29, 0.717) is 10.7 Å². The third kappa shape index (κ3) is 2.84. The maximum Gasteiger partial charge on any atom is 0.267 e. The Morgan fingerprint density at radius 2 is 2.00 bits per heavy atom. The zero-order valence-corrected chi connectivity index (χ0v) is 10.5. The van der Waals surface area contributed by atoms with Crippen LogP contribution in [-0.2, 0) is 6.54 Å². The number of hydrogen-bond acceptors (Lipinski definition) is 3. The lowest BCUT2D eigenvalue weighted by Gasteiger charge is -2.06. The Hall–Kier alpha value is -1.39. The van der Waals surface area contributed by atoms with Gasteiger partial charge in [0.2, 0.25) is 0 Å². The average molecular weight is 270 g/mol. The molecule has 0 fully saturated rings. The van der Waals surface area contributed by atoms with Crippen LogP contribution in [0.1, 0.15) is 11.3 Å². The van der Waals surface area contributed by atoms with Gasteiger partial charge in [0.25, 0.3) is 5.56 Å². The van der Waals surface area contributed by atoms with Crippen molar-refractivity contribution >= 4 is 23.2 Å². The van der Waals surface area contributed by atoms with Crippen LogP contribution < -0.4 is 5.56 Å². The summed E-state index contributed by atoms with van der Waals surface area (Å²) in [4.78, 5) is 15.5. The molecule has 0 N–H and O–H groups in total. The molecule has 0 aliphatic carbocycles. The van der Waals surface area contributed by atoms with Crippen LogP contribution >= 0.6 is 23.2 Å². The van der Waals surface area contributed by atoms with Crippen LogP contribution in [0.15, 0.2) is 29.1 Å². The standard InChI is InChI=1S/C11H9Cl2N3O/c1-7-2-5-10(17)16(15-7)6-8-3-4-9(12)14-11(8)13/h2-5H,6H2,1H3. The summed E-state index contributed by atoms with van der Waals surface area (Å²) >= 11 is 11.6. The molecule has 17 heavy (non-hydrogen) atoms. The minimum Gasteiger partial charge on any atom is -0.268 e. The summed E-state index contributed by atoms with van der Waals surface area (Å²) < 4.78 is 1.34. The largest absolute Gasteiger partial charge is 0.268 e. The fraction of sp³-hybridized carbons (Fsp3) is 0.182. The van der Waals surface area contributed by atoms with Crippen molar-refractivity contribution in [1.29, 1.82) is 0 Å². The van der Waals surface area contributed by atoms with Crippen molar-refractivity contribution in [1.82, 2.24) is 14.8 Å². The van der Waals surface area contributed by atoms with Crippen LogP contribution in [0, 0.1) is 6.92 Å². The highest BCUT2D eigenvalue weighted by atomic mass is 35.5. The van der Waals surface area contributed by atoms with E-state index >= 15 is 0 Å². The molecule has 6 heteroatoms. The van der Waals surface area contributed by atoms with Crippen molar-refractivity contribution in [3.05, 3.63) is 56.2 Å². The topological polar surface area (TPSA) is 47.8 Å². The molecule has 88 valence electrons. The van der Waals surface area contributed by atoms with Crippen LogP contribution in [-0.4, -0.2) is 14.8 Å². The van der Waals surface area contributed by atoms with E-state index in [1.807, 2.05) is 6.92 Å². The molecule has 0 spiro atoms. The van der Waals surface area contributed by atoms with Crippen LogP contribution in [0.5, 0.6) is 0 Å². The van der Waals surface area contributed by atoms with Gasteiger partial charge in [0.05, 0.1) is 12.2 Å². The van der Waals surface area contributed by atoms with Gasteiger partial charge in [-0.2, -0.15) is 5.10 Å². The van der Waals surface area contributed by atoms with Crippen LogP contribution in [0.3, 0.4) is 0 Å². The Labute approximate surface area is 108 Å². The van der Waals surface area contributed by atoms with Gasteiger partial charge in [0.1, 0.15) is 10.3 Å². The SMILES string of the molecule is Cc1ccc(=O)n(Cc2ccc(Cl)nc2Cl)n1. The van der Waals surface area contributed by atoms with Crippen LogP contribution in [0.2, 0.25) is 10.3 Å². The Bertz CT molecular complexity index is 610. The molecule has 2 rings (SSSR count). The van der Waals surface area contributed by atoms with Crippen LogP contribution in [0.4, 0.5) is 0 Å². The number of aryl methyl sites for hydroxylation is 1. The molecule has 0 aliphatic rings. The predicted octanol–water partition coefficient (Wildman–Crippen LogP) is 2.30. The first-order chi connectivity index (χ1) is 8.06. The zero-order chi connectivity index (χ0) is 12.4. The van der Waals surface area contributed by atoms with Crippen molar-refractivity contribution in [3.8, 4) is 0 Å². The second-order valence-electron chi connectivity index (χ2n) is 3.55. The van der Waals surface area contributed by atoms with Crippen molar-refractivity contribution in [2.24, 2.45) is 0 Å². The molecule has 0 bridgehead atoms. The summed E-state index contributed by atoms with van der Waals surface area (Å²) in [6.07, 6.45) is 0. The third-order valence-electron chi connectivity index (χ3n) is 2.21. The lowest BCUT2D eigenvalue weighted by atomic mass is 10.3. The Kier molecular flexibility index (Phi) is 3.45. The van der Waals surface area contributed by atoms with E-state index in [4.69, 9.17) is 23.2 Å². The quantitative estimate of drug-likeness (QED) is 0.787. The monoisotopic (exact) mass is 269 g/mol. The normalized spacial score (nSPS) is 10.5. The van der Waals surface area contributed by atoms with Crippen molar-refractivity contribution in [2.75, 3.05) is 0 Å². The molecule has 4 nitrogen and oxygen atoms in total. The van der Waals surface area contributed by atoms with Gasteiger partial charge in [-0.1, -0.05) is 29.3 Å². The van der Waals surface area contributed by atoms with Crippen LogP contribution in [0.25, 0.3) is 0 Å². The van der Waals surface area contributed by atoms with Crippen molar-refractivity contribution in [2.45, 2.75) is 13.5 Å². The second kappa shape index (κ2) is 4.85. The molecule has 0 aliphatic heterocycles. The van der Waals surface area contributed by atoms with Gasteiger partial charge in [-0.25, -0.2) is 9.67 Å². The molecule has 0 saturated heterocycles. The highest BCUT2D eigenvalue weighted by molar-refractivity contribution is 6.32. The minimum absolute atomic E-state index is 0.179. The van der Waals surface area contributed by atoms with Gasteiger partial charge in [0.15, 0.2) is 0 Å². The second-order valence-corrected chi connectivity index (χ2v) is 4.30. The summed E-state index contributed by atoms with van der Waals surface area (Å²) in [7, 11) is 0. The fourth-order valence-corrected chi connectivity index (χ4v) is 1.79. The molecule has 0 radical (unpaired) electrons. The number of pyridine rings is 1. The molecular formula is C11H9Cl2N3O. The number of aromatic nitrogens is 3. The lowest BCUT2D eigenvalue weighted by Crippen LogP contribution is -2.23. The maximum atomic E-state index is 11.6. The third-order valence-corrected chi connectivity index (χ3v) is 2.75. The van der Waals surface area contributed by atoms with E-state index in [2.05, 4.69) is 10.1 Å². The first-order valence-electron chi connectivity index (χ1n) is 4.92. The maximum absolute atomic E-state index is 11.6. The first-order valence-corrected chi connectivity index (χ1v) is 5.67. The summed E-state index contributed by atoms with van der Waals surface area (Å²) in [5.74, 6) is 0. The summed E-state index contributed by atoms with van der Waals surface area (Å²) in [5, 5.41) is 4.72. The van der Waals surface area contributed by atoms with Gasteiger partial charge in [-0.3, -0.25) is 4.79 Å². The highest BCUT2D eigenvalue weighted by Gasteiger charge is 2.05. The number of rotatable bonds is 2. The summed E-state index contributed by atoms with van der Waals surface area (Å²) in [5.41, 5.74) is 1.29. The number of nitrogens with zero attached hydrogens (tertiary/aromatic N) is 3. The molecule has 0 saturated carbocycles. The van der Waals surface area contributed by atoms with E-state index in [0.717, 1.165) is 5.69 Å². The average Bonchev–Trinajstić information content (AvgIpc) is 2.27. The number of halogens is 2. The molecule has 0 aromatic carbocycles. The van der Waals surface area contributed by atoms with Gasteiger partial charge in [0, 0.05) is 11.6 Å². The van der Waals surface area contributed by atoms with Gasteiger partial charge >= 0.3 is 0 Å². The van der Waals surface area contributed by atoms with Crippen molar-refractivity contribution < 1.29 is 0 Å². The van der Waals surface area contributed by atoms with E-state index in [1.165, 1.54) is 10.7 Å². The molecule has 2 aromatic heterocycles. The van der Waals surface area contributed by atoms with Gasteiger partial charge in [-0.05, 0) is 19.1 Å².